The SMILES string of the molecule is Cn1c(=O)c[c]c2nc(Br)ccc21. The molecule has 0 aliphatic carbocycles. The quantitative estimate of drug-likeness (QED) is 0.652. The molecule has 2 heterocycles. The van der Waals surface area contributed by atoms with Gasteiger partial charge in [-0.3, -0.25) is 4.79 Å². The molecule has 0 unspecified atom stereocenters. The fourth-order valence-corrected chi connectivity index (χ4v) is 1.46. The molecule has 1 radical (unpaired) electrons. The van der Waals surface area contributed by atoms with Gasteiger partial charge in [-0.25, -0.2) is 4.98 Å². The van der Waals surface area contributed by atoms with E-state index in [2.05, 4.69) is 27.0 Å². The summed E-state index contributed by atoms with van der Waals surface area (Å²) < 4.78 is 2.29. The minimum Gasteiger partial charge on any atom is -0.310 e. The lowest BCUT2D eigenvalue weighted by molar-refractivity contribution is 0.902. The van der Waals surface area contributed by atoms with Gasteiger partial charge in [-0.05, 0) is 28.1 Å². The molecule has 0 fully saturated rings. The minimum atomic E-state index is -0.0726. The average Bonchev–Trinajstić information content (AvgIpc) is 2.12. The molecule has 4 heteroatoms. The first-order valence-corrected chi connectivity index (χ1v) is 4.52. The van der Waals surface area contributed by atoms with E-state index < -0.39 is 0 Å². The Labute approximate surface area is 83.2 Å². The molecule has 2 aromatic heterocycles. The van der Waals surface area contributed by atoms with E-state index in [0.717, 1.165) is 10.1 Å². The second-order valence-corrected chi connectivity index (χ2v) is 3.50. The summed E-state index contributed by atoms with van der Waals surface area (Å²) >= 11 is 3.26. The van der Waals surface area contributed by atoms with Crippen molar-refractivity contribution in [1.82, 2.24) is 9.55 Å². The van der Waals surface area contributed by atoms with Crippen LogP contribution in [0.3, 0.4) is 0 Å². The highest BCUT2D eigenvalue weighted by Gasteiger charge is 2.00. The Morgan fingerprint density at radius 2 is 2.31 bits per heavy atom. The van der Waals surface area contributed by atoms with E-state index in [1.165, 1.54) is 6.07 Å². The summed E-state index contributed by atoms with van der Waals surface area (Å²) in [5, 5.41) is 0. The monoisotopic (exact) mass is 237 g/mol. The Hall–Kier alpha value is -1.16. The standard InChI is InChI=1S/C9H6BrN2O/c1-12-7-3-4-8(10)11-6(7)2-5-9(12)13/h3-5H,1H3. The smallest absolute Gasteiger partial charge is 0.251 e. The lowest BCUT2D eigenvalue weighted by Crippen LogP contribution is -2.15. The number of nitrogens with zero attached hydrogens (tertiary/aromatic N) is 2. The van der Waals surface area contributed by atoms with Crippen molar-refractivity contribution in [2.75, 3.05) is 0 Å². The molecule has 13 heavy (non-hydrogen) atoms. The van der Waals surface area contributed by atoms with E-state index in [-0.39, 0.29) is 5.56 Å². The van der Waals surface area contributed by atoms with E-state index in [1.807, 2.05) is 6.07 Å². The van der Waals surface area contributed by atoms with E-state index in [9.17, 15) is 4.79 Å². The molecule has 0 N–H and O–H groups in total. The van der Waals surface area contributed by atoms with E-state index >= 15 is 0 Å². The number of aromatic nitrogens is 2. The third kappa shape index (κ3) is 1.37. The molecule has 65 valence electrons. The Kier molecular flexibility index (Phi) is 1.92. The third-order valence-electron chi connectivity index (χ3n) is 1.86. The van der Waals surface area contributed by atoms with Crippen LogP contribution in [0.2, 0.25) is 0 Å². The Morgan fingerprint density at radius 1 is 1.54 bits per heavy atom. The first-order valence-electron chi connectivity index (χ1n) is 3.72. The molecule has 2 aromatic rings. The van der Waals surface area contributed by atoms with Gasteiger partial charge in [0.05, 0.1) is 11.0 Å². The van der Waals surface area contributed by atoms with E-state index in [1.54, 1.807) is 17.7 Å². The van der Waals surface area contributed by atoms with Gasteiger partial charge in [-0.2, -0.15) is 0 Å². The maximum absolute atomic E-state index is 11.2. The Bertz CT molecular complexity index is 518. The zero-order valence-corrected chi connectivity index (χ0v) is 8.50. The van der Waals surface area contributed by atoms with Gasteiger partial charge < -0.3 is 4.57 Å². The summed E-state index contributed by atoms with van der Waals surface area (Å²) in [7, 11) is 1.72. The van der Waals surface area contributed by atoms with Crippen molar-refractivity contribution in [2.45, 2.75) is 0 Å². The number of halogens is 1. The van der Waals surface area contributed by atoms with Crippen LogP contribution in [-0.2, 0) is 7.05 Å². The number of hydrogen-bond acceptors (Lipinski definition) is 2. The second-order valence-electron chi connectivity index (χ2n) is 2.69. The molecule has 0 atom stereocenters. The van der Waals surface area contributed by atoms with Crippen molar-refractivity contribution in [2.24, 2.45) is 7.05 Å². The molecular formula is C9H6BrN2O. The van der Waals surface area contributed by atoms with Crippen LogP contribution in [0.4, 0.5) is 0 Å². The molecule has 0 bridgehead atoms. The molecular weight excluding hydrogens is 232 g/mol. The third-order valence-corrected chi connectivity index (χ3v) is 2.31. The molecule has 0 saturated heterocycles. The molecule has 0 amide bonds. The largest absolute Gasteiger partial charge is 0.310 e. The van der Waals surface area contributed by atoms with Crippen molar-refractivity contribution < 1.29 is 0 Å². The highest BCUT2D eigenvalue weighted by atomic mass is 79.9. The molecule has 0 saturated carbocycles. The summed E-state index contributed by atoms with van der Waals surface area (Å²) in [6.45, 7) is 0. The first-order chi connectivity index (χ1) is 6.18. The van der Waals surface area contributed by atoms with Crippen LogP contribution in [0.25, 0.3) is 11.0 Å². The van der Waals surface area contributed by atoms with Gasteiger partial charge in [-0.1, -0.05) is 0 Å². The second kappa shape index (κ2) is 2.96. The molecule has 0 aliphatic rings. The molecule has 2 rings (SSSR count). The molecule has 0 aromatic carbocycles. The molecule has 3 nitrogen and oxygen atoms in total. The predicted octanol–water partition coefficient (Wildman–Crippen LogP) is 1.50. The van der Waals surface area contributed by atoms with Gasteiger partial charge in [-0.15, -0.1) is 0 Å². The van der Waals surface area contributed by atoms with Crippen LogP contribution in [0.15, 0.2) is 27.6 Å². The summed E-state index contributed by atoms with van der Waals surface area (Å²) in [6, 6.07) is 7.86. The Balaban J connectivity index is 2.95. The maximum Gasteiger partial charge on any atom is 0.251 e. The van der Waals surface area contributed by atoms with Crippen molar-refractivity contribution in [3.63, 3.8) is 0 Å². The highest BCUT2D eigenvalue weighted by molar-refractivity contribution is 9.10. The zero-order chi connectivity index (χ0) is 9.42. The normalized spacial score (nSPS) is 10.6. The summed E-state index contributed by atoms with van der Waals surface area (Å²) in [4.78, 5) is 15.4. The van der Waals surface area contributed by atoms with Crippen LogP contribution in [0, 0.1) is 6.07 Å². The minimum absolute atomic E-state index is 0.0726. The van der Waals surface area contributed by atoms with E-state index in [4.69, 9.17) is 0 Å². The maximum atomic E-state index is 11.2. The topological polar surface area (TPSA) is 34.9 Å². The number of aryl methyl sites for hydroxylation is 1. The molecule has 0 aliphatic heterocycles. The zero-order valence-electron chi connectivity index (χ0n) is 6.91. The van der Waals surface area contributed by atoms with Crippen molar-refractivity contribution in [3.05, 3.63) is 39.2 Å². The van der Waals surface area contributed by atoms with Gasteiger partial charge in [0.1, 0.15) is 4.60 Å². The van der Waals surface area contributed by atoms with Crippen LogP contribution in [0.1, 0.15) is 0 Å². The van der Waals surface area contributed by atoms with Gasteiger partial charge in [0.15, 0.2) is 0 Å². The van der Waals surface area contributed by atoms with Crippen LogP contribution < -0.4 is 5.56 Å². The van der Waals surface area contributed by atoms with Crippen molar-refractivity contribution in [3.8, 4) is 0 Å². The number of hydrogen-bond donors (Lipinski definition) is 0. The predicted molar refractivity (Wildman–Crippen MR) is 53.5 cm³/mol. The van der Waals surface area contributed by atoms with Gasteiger partial charge in [0, 0.05) is 19.2 Å². The van der Waals surface area contributed by atoms with Gasteiger partial charge in [0.25, 0.3) is 5.56 Å². The van der Waals surface area contributed by atoms with Gasteiger partial charge in [0.2, 0.25) is 0 Å². The highest BCUT2D eigenvalue weighted by Crippen LogP contribution is 2.12. The first kappa shape index (κ1) is 8.44. The number of rotatable bonds is 0. The lowest BCUT2D eigenvalue weighted by atomic mass is 10.3. The van der Waals surface area contributed by atoms with Gasteiger partial charge >= 0.3 is 0 Å². The van der Waals surface area contributed by atoms with Crippen LogP contribution in [-0.4, -0.2) is 9.55 Å². The lowest BCUT2D eigenvalue weighted by Gasteiger charge is -2.02. The van der Waals surface area contributed by atoms with E-state index in [0.29, 0.717) is 5.52 Å². The summed E-state index contributed by atoms with van der Waals surface area (Å²) in [5.41, 5.74) is 1.41. The fraction of sp³-hybridized carbons (Fsp3) is 0.111. The Morgan fingerprint density at radius 3 is 3.08 bits per heavy atom. The van der Waals surface area contributed by atoms with Crippen LogP contribution in [0.5, 0.6) is 0 Å². The summed E-state index contributed by atoms with van der Waals surface area (Å²) in [5.74, 6) is 0. The number of pyridine rings is 2. The number of fused-ring (bicyclic) bond motifs is 1. The molecule has 0 spiro atoms. The van der Waals surface area contributed by atoms with Crippen molar-refractivity contribution in [1.29, 1.82) is 0 Å². The van der Waals surface area contributed by atoms with Crippen molar-refractivity contribution >= 4 is 27.0 Å². The fourth-order valence-electron chi connectivity index (χ4n) is 1.15. The average molecular weight is 238 g/mol. The summed E-state index contributed by atoms with van der Waals surface area (Å²) in [6.07, 6.45) is 0. The van der Waals surface area contributed by atoms with Crippen LogP contribution >= 0.6 is 15.9 Å².